The Labute approximate surface area is 136 Å². The van der Waals surface area contributed by atoms with Crippen LogP contribution in [0.4, 0.5) is 5.69 Å². The molecule has 1 saturated heterocycles. The van der Waals surface area contributed by atoms with Gasteiger partial charge in [-0.25, -0.2) is 13.1 Å². The molecule has 0 saturated carbocycles. The SMILES string of the molecule is Cc1ccc(S(=O)(=O)N[C@@H]2CC(=O)N(c3ccccc3)C2)cc1. The molecule has 5 nitrogen and oxygen atoms in total. The second-order valence-electron chi connectivity index (χ2n) is 5.68. The first-order valence-electron chi connectivity index (χ1n) is 7.40. The molecule has 2 aromatic rings. The van der Waals surface area contributed by atoms with E-state index in [-0.39, 0.29) is 17.2 Å². The van der Waals surface area contributed by atoms with E-state index in [0.29, 0.717) is 6.54 Å². The average Bonchev–Trinajstić information content (AvgIpc) is 2.88. The van der Waals surface area contributed by atoms with Gasteiger partial charge in [0, 0.05) is 24.7 Å². The van der Waals surface area contributed by atoms with E-state index in [1.807, 2.05) is 37.3 Å². The van der Waals surface area contributed by atoms with E-state index in [9.17, 15) is 13.2 Å². The number of nitrogens with zero attached hydrogens (tertiary/aromatic N) is 1. The minimum atomic E-state index is -3.62. The number of aryl methyl sites for hydroxylation is 1. The number of carbonyl (C=O) groups is 1. The molecule has 1 aliphatic heterocycles. The molecule has 0 bridgehead atoms. The van der Waals surface area contributed by atoms with E-state index < -0.39 is 16.1 Å². The molecule has 6 heteroatoms. The Morgan fingerprint density at radius 3 is 2.35 bits per heavy atom. The maximum absolute atomic E-state index is 12.4. The van der Waals surface area contributed by atoms with Gasteiger partial charge in [0.15, 0.2) is 0 Å². The average molecular weight is 330 g/mol. The molecule has 0 radical (unpaired) electrons. The van der Waals surface area contributed by atoms with Crippen molar-refractivity contribution in [3.8, 4) is 0 Å². The zero-order valence-electron chi connectivity index (χ0n) is 12.8. The van der Waals surface area contributed by atoms with Gasteiger partial charge in [0.25, 0.3) is 0 Å². The Kier molecular flexibility index (Phi) is 4.19. The molecule has 0 aliphatic carbocycles. The van der Waals surface area contributed by atoms with Crippen LogP contribution in [-0.4, -0.2) is 26.9 Å². The normalized spacial score (nSPS) is 18.4. The molecule has 0 unspecified atom stereocenters. The smallest absolute Gasteiger partial charge is 0.240 e. The summed E-state index contributed by atoms with van der Waals surface area (Å²) in [5, 5.41) is 0. The summed E-state index contributed by atoms with van der Waals surface area (Å²) in [4.78, 5) is 14.0. The van der Waals surface area contributed by atoms with Gasteiger partial charge in [-0.2, -0.15) is 0 Å². The predicted molar refractivity (Wildman–Crippen MR) is 88.7 cm³/mol. The summed E-state index contributed by atoms with van der Waals surface area (Å²) >= 11 is 0. The lowest BCUT2D eigenvalue weighted by molar-refractivity contribution is -0.117. The summed E-state index contributed by atoms with van der Waals surface area (Å²) in [7, 11) is -3.62. The number of hydrogen-bond donors (Lipinski definition) is 1. The van der Waals surface area contributed by atoms with E-state index in [2.05, 4.69) is 4.72 Å². The van der Waals surface area contributed by atoms with Crippen LogP contribution < -0.4 is 9.62 Å². The number of para-hydroxylation sites is 1. The third-order valence-electron chi connectivity index (χ3n) is 3.85. The Morgan fingerprint density at radius 2 is 1.70 bits per heavy atom. The van der Waals surface area contributed by atoms with Crippen molar-refractivity contribution in [2.24, 2.45) is 0 Å². The number of sulfonamides is 1. The van der Waals surface area contributed by atoms with E-state index >= 15 is 0 Å². The Morgan fingerprint density at radius 1 is 1.04 bits per heavy atom. The number of carbonyl (C=O) groups excluding carboxylic acids is 1. The van der Waals surface area contributed by atoms with Gasteiger partial charge in [0.05, 0.1) is 4.90 Å². The highest BCUT2D eigenvalue weighted by molar-refractivity contribution is 7.89. The highest BCUT2D eigenvalue weighted by atomic mass is 32.2. The lowest BCUT2D eigenvalue weighted by Crippen LogP contribution is -2.37. The first-order chi connectivity index (χ1) is 11.0. The topological polar surface area (TPSA) is 66.5 Å². The zero-order chi connectivity index (χ0) is 16.4. The molecule has 0 spiro atoms. The number of amides is 1. The Balaban J connectivity index is 1.74. The van der Waals surface area contributed by atoms with Crippen molar-refractivity contribution in [3.63, 3.8) is 0 Å². The highest BCUT2D eigenvalue weighted by Crippen LogP contribution is 2.22. The summed E-state index contributed by atoms with van der Waals surface area (Å²) in [6.45, 7) is 2.24. The molecule has 1 N–H and O–H groups in total. The van der Waals surface area contributed by atoms with E-state index in [1.54, 1.807) is 29.2 Å². The number of rotatable bonds is 4. The van der Waals surface area contributed by atoms with Crippen molar-refractivity contribution in [3.05, 3.63) is 60.2 Å². The minimum Gasteiger partial charge on any atom is -0.311 e. The van der Waals surface area contributed by atoms with Gasteiger partial charge < -0.3 is 4.90 Å². The van der Waals surface area contributed by atoms with Gasteiger partial charge in [0.1, 0.15) is 0 Å². The van der Waals surface area contributed by atoms with Gasteiger partial charge in [-0.15, -0.1) is 0 Å². The van der Waals surface area contributed by atoms with Crippen LogP contribution in [0.5, 0.6) is 0 Å². The van der Waals surface area contributed by atoms with Crippen LogP contribution in [-0.2, 0) is 14.8 Å². The van der Waals surface area contributed by atoms with Crippen molar-refractivity contribution < 1.29 is 13.2 Å². The summed E-state index contributed by atoms with van der Waals surface area (Å²) in [5.74, 6) is -0.0761. The molecule has 2 aromatic carbocycles. The lowest BCUT2D eigenvalue weighted by Gasteiger charge is -2.17. The molecule has 1 amide bonds. The van der Waals surface area contributed by atoms with Crippen LogP contribution >= 0.6 is 0 Å². The van der Waals surface area contributed by atoms with E-state index in [0.717, 1.165) is 11.3 Å². The van der Waals surface area contributed by atoms with Crippen LogP contribution in [0.3, 0.4) is 0 Å². The number of anilines is 1. The van der Waals surface area contributed by atoms with Gasteiger partial charge in [-0.1, -0.05) is 35.9 Å². The minimum absolute atomic E-state index is 0.0761. The van der Waals surface area contributed by atoms with Crippen LogP contribution in [0, 0.1) is 6.92 Å². The number of nitrogens with one attached hydrogen (secondary N) is 1. The van der Waals surface area contributed by atoms with Gasteiger partial charge in [0.2, 0.25) is 15.9 Å². The molecular weight excluding hydrogens is 312 g/mol. The van der Waals surface area contributed by atoms with Crippen LogP contribution in [0.25, 0.3) is 0 Å². The van der Waals surface area contributed by atoms with Crippen LogP contribution in [0.2, 0.25) is 0 Å². The number of hydrogen-bond acceptors (Lipinski definition) is 3. The highest BCUT2D eigenvalue weighted by Gasteiger charge is 2.33. The van der Waals surface area contributed by atoms with Gasteiger partial charge in [-0.05, 0) is 31.2 Å². The molecule has 23 heavy (non-hydrogen) atoms. The molecule has 1 fully saturated rings. The summed E-state index contributed by atoms with van der Waals surface area (Å²) in [6.07, 6.45) is 0.167. The number of benzene rings is 2. The van der Waals surface area contributed by atoms with Crippen molar-refractivity contribution in [2.75, 3.05) is 11.4 Å². The second kappa shape index (κ2) is 6.14. The molecule has 0 aromatic heterocycles. The summed E-state index contributed by atoms with van der Waals surface area (Å²) in [5.41, 5.74) is 1.78. The first-order valence-corrected chi connectivity index (χ1v) is 8.88. The third kappa shape index (κ3) is 3.43. The molecule has 3 rings (SSSR count). The van der Waals surface area contributed by atoms with Crippen molar-refractivity contribution in [1.82, 2.24) is 4.72 Å². The van der Waals surface area contributed by atoms with Crippen molar-refractivity contribution in [2.45, 2.75) is 24.3 Å². The standard InChI is InChI=1S/C17H18N2O3S/c1-13-7-9-16(10-8-13)23(21,22)18-14-11-17(20)19(12-14)15-5-3-2-4-6-15/h2-10,14,18H,11-12H2,1H3/t14-/m1/s1. The quantitative estimate of drug-likeness (QED) is 0.933. The van der Waals surface area contributed by atoms with Gasteiger partial charge in [-0.3, -0.25) is 4.79 Å². The maximum atomic E-state index is 12.4. The Bertz CT molecular complexity index is 801. The molecule has 1 heterocycles. The van der Waals surface area contributed by atoms with Crippen LogP contribution in [0.1, 0.15) is 12.0 Å². The van der Waals surface area contributed by atoms with Gasteiger partial charge >= 0.3 is 0 Å². The summed E-state index contributed by atoms with van der Waals surface area (Å²) in [6, 6.07) is 15.5. The molecule has 1 atom stereocenters. The monoisotopic (exact) mass is 330 g/mol. The van der Waals surface area contributed by atoms with Crippen molar-refractivity contribution in [1.29, 1.82) is 0 Å². The zero-order valence-corrected chi connectivity index (χ0v) is 13.6. The Hall–Kier alpha value is -2.18. The molecular formula is C17H18N2O3S. The first kappa shape index (κ1) is 15.7. The lowest BCUT2D eigenvalue weighted by atomic mass is 10.2. The maximum Gasteiger partial charge on any atom is 0.240 e. The fourth-order valence-corrected chi connectivity index (χ4v) is 3.88. The largest absolute Gasteiger partial charge is 0.311 e. The predicted octanol–water partition coefficient (Wildman–Crippen LogP) is 2.08. The summed E-state index contributed by atoms with van der Waals surface area (Å²) < 4.78 is 27.4. The van der Waals surface area contributed by atoms with E-state index in [1.165, 1.54) is 0 Å². The second-order valence-corrected chi connectivity index (χ2v) is 7.39. The molecule has 1 aliphatic rings. The van der Waals surface area contributed by atoms with E-state index in [4.69, 9.17) is 0 Å². The molecule has 120 valence electrons. The fraction of sp³-hybridized carbons (Fsp3) is 0.235. The third-order valence-corrected chi connectivity index (χ3v) is 5.38. The fourth-order valence-electron chi connectivity index (χ4n) is 2.65. The van der Waals surface area contributed by atoms with Crippen LogP contribution in [0.15, 0.2) is 59.5 Å². The van der Waals surface area contributed by atoms with Crippen molar-refractivity contribution >= 4 is 21.6 Å².